The Morgan fingerprint density at radius 1 is 0.870 bits per heavy atom. The molecule has 46 heavy (non-hydrogen) atoms. The molecule has 5 aliphatic carbocycles. The van der Waals surface area contributed by atoms with Crippen molar-refractivity contribution in [1.82, 2.24) is 0 Å². The van der Waals surface area contributed by atoms with Crippen LogP contribution in [0, 0.1) is 50.2 Å². The van der Waals surface area contributed by atoms with E-state index in [1.54, 1.807) is 0 Å². The first-order valence-corrected chi connectivity index (χ1v) is 17.5. The summed E-state index contributed by atoms with van der Waals surface area (Å²) in [4.78, 5) is 28.3. The fourth-order valence-corrected chi connectivity index (χ4v) is 12.1. The van der Waals surface area contributed by atoms with Crippen LogP contribution in [0.1, 0.15) is 106 Å². The van der Waals surface area contributed by atoms with Crippen LogP contribution in [0.4, 0.5) is 0 Å². The normalized spacial score (nSPS) is 50.9. The number of aliphatic hydroxyl groups is 5. The number of carbonyl (C=O) groups excluding carboxylic acids is 1. The first-order valence-electron chi connectivity index (χ1n) is 17.5. The number of rotatable bonds is 4. The molecule has 0 bridgehead atoms. The van der Waals surface area contributed by atoms with Gasteiger partial charge in [-0.15, -0.1) is 0 Å². The maximum atomic E-state index is 14.4. The summed E-state index contributed by atoms with van der Waals surface area (Å²) >= 11 is 0. The Hall–Kier alpha value is -1.56. The molecular weight excluding hydrogens is 592 g/mol. The summed E-state index contributed by atoms with van der Waals surface area (Å²) in [5, 5.41) is 63.4. The third-order valence-corrected chi connectivity index (χ3v) is 14.9. The lowest BCUT2D eigenvalue weighted by molar-refractivity contribution is -0.297. The number of carbonyl (C=O) groups is 2. The van der Waals surface area contributed by atoms with E-state index in [0.29, 0.717) is 25.7 Å². The largest absolute Gasteiger partial charge is 0.481 e. The van der Waals surface area contributed by atoms with Crippen LogP contribution in [0.15, 0.2) is 11.6 Å². The Balaban J connectivity index is 1.40. The number of hydrogen-bond acceptors (Lipinski definition) is 9. The van der Waals surface area contributed by atoms with Crippen LogP contribution in [-0.4, -0.2) is 86.0 Å². The summed E-state index contributed by atoms with van der Waals surface area (Å²) in [5.41, 5.74) is -2.47. The second-order valence-electron chi connectivity index (χ2n) is 17.7. The number of aliphatic hydroxyl groups excluding tert-OH is 5. The SMILES string of the molecule is CC1(C)CCC2(C(=O)OC3OC(CO)C(O)C(O)C3O)CCC3(C(=O)O)C(=CCC4C5(C)CCC(O)C(C)(C)C5CCC43C)C2C1. The highest BCUT2D eigenvalue weighted by molar-refractivity contribution is 5.85. The van der Waals surface area contributed by atoms with E-state index in [2.05, 4.69) is 47.6 Å². The molecule has 13 atom stereocenters. The molecule has 6 N–H and O–H groups in total. The zero-order valence-electron chi connectivity index (χ0n) is 28.4. The topological polar surface area (TPSA) is 174 Å². The predicted octanol–water partition coefficient (Wildman–Crippen LogP) is 3.56. The van der Waals surface area contributed by atoms with Crippen molar-refractivity contribution in [3.63, 3.8) is 0 Å². The quantitative estimate of drug-likeness (QED) is 0.195. The van der Waals surface area contributed by atoms with Crippen molar-refractivity contribution in [1.29, 1.82) is 0 Å². The van der Waals surface area contributed by atoms with E-state index in [4.69, 9.17) is 9.47 Å². The van der Waals surface area contributed by atoms with E-state index in [1.165, 1.54) is 0 Å². The van der Waals surface area contributed by atoms with Gasteiger partial charge in [-0.05, 0) is 104 Å². The smallest absolute Gasteiger partial charge is 0.315 e. The third kappa shape index (κ3) is 4.49. The van der Waals surface area contributed by atoms with Gasteiger partial charge in [0.05, 0.1) is 23.5 Å². The van der Waals surface area contributed by atoms with Gasteiger partial charge in [-0.25, -0.2) is 0 Å². The Morgan fingerprint density at radius 3 is 2.20 bits per heavy atom. The highest BCUT2D eigenvalue weighted by atomic mass is 16.7. The zero-order valence-corrected chi connectivity index (χ0v) is 28.4. The van der Waals surface area contributed by atoms with Gasteiger partial charge in [-0.1, -0.05) is 53.2 Å². The number of esters is 1. The van der Waals surface area contributed by atoms with Crippen molar-refractivity contribution in [2.24, 2.45) is 50.2 Å². The molecule has 0 radical (unpaired) electrons. The number of ether oxygens (including phenoxy) is 2. The average Bonchev–Trinajstić information content (AvgIpc) is 2.98. The zero-order chi connectivity index (χ0) is 33.8. The van der Waals surface area contributed by atoms with Gasteiger partial charge in [-0.3, -0.25) is 9.59 Å². The van der Waals surface area contributed by atoms with E-state index in [0.717, 1.165) is 37.7 Å². The van der Waals surface area contributed by atoms with Gasteiger partial charge in [0, 0.05) is 0 Å². The van der Waals surface area contributed by atoms with E-state index in [1.807, 2.05) is 0 Å². The summed E-state index contributed by atoms with van der Waals surface area (Å²) in [5.74, 6) is -1.44. The van der Waals surface area contributed by atoms with Gasteiger partial charge >= 0.3 is 11.9 Å². The number of fused-ring (bicyclic) bond motifs is 7. The van der Waals surface area contributed by atoms with Gasteiger partial charge in [-0.2, -0.15) is 0 Å². The fraction of sp³-hybridized carbons (Fsp3) is 0.889. The molecule has 260 valence electrons. The molecule has 6 aliphatic rings. The molecule has 5 fully saturated rings. The standard InChI is InChI=1S/C36H56O10/c1-31(2)13-14-35(30(44)46-28-27(41)26(40)25(39)21(18-37)45-28)15-16-36(29(42)43)19(20(35)17-31)7-8-23-33(5)11-10-24(38)32(3,4)22(33)9-12-34(23,36)6/h7,20-28,37-41H,8-18H2,1-6H3,(H,42,43). The number of carboxylic acids is 1. The monoisotopic (exact) mass is 648 g/mol. The van der Waals surface area contributed by atoms with Crippen molar-refractivity contribution in [2.45, 2.75) is 143 Å². The molecule has 1 heterocycles. The summed E-state index contributed by atoms with van der Waals surface area (Å²) in [6.45, 7) is 12.5. The molecule has 1 saturated heterocycles. The van der Waals surface area contributed by atoms with Crippen LogP contribution in [0.3, 0.4) is 0 Å². The Bertz CT molecular complexity index is 1280. The summed E-state index contributed by atoms with van der Waals surface area (Å²) < 4.78 is 11.4. The maximum Gasteiger partial charge on any atom is 0.315 e. The molecule has 0 spiro atoms. The van der Waals surface area contributed by atoms with E-state index >= 15 is 0 Å². The first kappa shape index (κ1) is 34.3. The summed E-state index contributed by atoms with van der Waals surface area (Å²) in [6.07, 6.45) is 0.307. The highest BCUT2D eigenvalue weighted by Gasteiger charge is 2.73. The molecule has 0 aromatic carbocycles. The molecule has 0 amide bonds. The second kappa shape index (κ2) is 11.0. The molecule has 4 saturated carbocycles. The van der Waals surface area contributed by atoms with Crippen LogP contribution in [0.25, 0.3) is 0 Å². The van der Waals surface area contributed by atoms with E-state index in [-0.39, 0.29) is 40.6 Å². The third-order valence-electron chi connectivity index (χ3n) is 14.9. The fourth-order valence-electron chi connectivity index (χ4n) is 12.1. The van der Waals surface area contributed by atoms with Gasteiger partial charge in [0.15, 0.2) is 0 Å². The molecule has 0 aromatic rings. The van der Waals surface area contributed by atoms with Crippen molar-refractivity contribution in [2.75, 3.05) is 6.61 Å². The first-order chi connectivity index (χ1) is 21.3. The average molecular weight is 649 g/mol. The molecule has 10 nitrogen and oxygen atoms in total. The van der Waals surface area contributed by atoms with Crippen molar-refractivity contribution in [3.8, 4) is 0 Å². The molecule has 1 aliphatic heterocycles. The number of hydrogen-bond donors (Lipinski definition) is 6. The highest BCUT2D eigenvalue weighted by Crippen LogP contribution is 2.76. The minimum absolute atomic E-state index is 0.107. The lowest BCUT2D eigenvalue weighted by Gasteiger charge is -2.70. The Labute approximate surface area is 272 Å². The lowest BCUT2D eigenvalue weighted by Crippen LogP contribution is -2.67. The van der Waals surface area contributed by atoms with Crippen molar-refractivity contribution in [3.05, 3.63) is 11.6 Å². The van der Waals surface area contributed by atoms with Gasteiger partial charge in [0.2, 0.25) is 6.29 Å². The van der Waals surface area contributed by atoms with E-state index in [9.17, 15) is 40.2 Å². The van der Waals surface area contributed by atoms with Crippen LogP contribution in [0.2, 0.25) is 0 Å². The molecule has 13 unspecified atom stereocenters. The molecular formula is C36H56O10. The summed E-state index contributed by atoms with van der Waals surface area (Å²) in [6, 6.07) is 0. The Morgan fingerprint density at radius 2 is 1.54 bits per heavy atom. The lowest BCUT2D eigenvalue weighted by atomic mass is 9.33. The number of aliphatic carboxylic acids is 1. The number of allylic oxidation sites excluding steroid dienone is 1. The van der Waals surface area contributed by atoms with Crippen LogP contribution in [0.5, 0.6) is 0 Å². The summed E-state index contributed by atoms with van der Waals surface area (Å²) in [7, 11) is 0. The van der Waals surface area contributed by atoms with Crippen LogP contribution >= 0.6 is 0 Å². The minimum atomic E-state index is -1.71. The van der Waals surface area contributed by atoms with Gasteiger partial charge in [0.25, 0.3) is 0 Å². The van der Waals surface area contributed by atoms with Crippen molar-refractivity contribution >= 4 is 11.9 Å². The van der Waals surface area contributed by atoms with Gasteiger partial charge in [0.1, 0.15) is 24.4 Å². The van der Waals surface area contributed by atoms with Crippen molar-refractivity contribution < 1.29 is 49.7 Å². The Kier molecular flexibility index (Phi) is 8.18. The molecule has 0 aromatic heterocycles. The minimum Gasteiger partial charge on any atom is -0.481 e. The predicted molar refractivity (Wildman–Crippen MR) is 167 cm³/mol. The second-order valence-corrected chi connectivity index (χ2v) is 17.7. The van der Waals surface area contributed by atoms with E-state index < -0.39 is 71.4 Å². The maximum absolute atomic E-state index is 14.4. The van der Waals surface area contributed by atoms with Crippen LogP contribution in [-0.2, 0) is 19.1 Å². The molecule has 6 rings (SSSR count). The molecule has 10 heteroatoms. The van der Waals surface area contributed by atoms with Crippen LogP contribution < -0.4 is 0 Å². The number of carboxylic acid groups (broad SMARTS) is 1. The van der Waals surface area contributed by atoms with Gasteiger partial charge < -0.3 is 40.1 Å².